The van der Waals surface area contributed by atoms with Crippen molar-refractivity contribution in [3.8, 4) is 5.75 Å². The number of nitrogens with zero attached hydrogens (tertiary/aromatic N) is 2. The van der Waals surface area contributed by atoms with Crippen LogP contribution >= 0.6 is 0 Å². The van der Waals surface area contributed by atoms with Crippen molar-refractivity contribution in [2.24, 2.45) is 0 Å². The van der Waals surface area contributed by atoms with Crippen LogP contribution < -0.4 is 15.0 Å². The summed E-state index contributed by atoms with van der Waals surface area (Å²) in [5, 5.41) is 2.48. The quantitative estimate of drug-likeness (QED) is 0.935. The average Bonchev–Trinajstić information content (AvgIpc) is 2.56. The van der Waals surface area contributed by atoms with Gasteiger partial charge in [0.2, 0.25) is 0 Å². The second-order valence-electron chi connectivity index (χ2n) is 5.40. The Kier molecular flexibility index (Phi) is 4.71. The Labute approximate surface area is 134 Å². The molecule has 0 bridgehead atoms. The fourth-order valence-electron chi connectivity index (χ4n) is 2.58. The van der Waals surface area contributed by atoms with Crippen LogP contribution in [0.15, 0.2) is 42.6 Å². The molecule has 0 aliphatic carbocycles. The van der Waals surface area contributed by atoms with Crippen molar-refractivity contribution in [1.82, 2.24) is 4.98 Å². The van der Waals surface area contributed by atoms with Crippen molar-refractivity contribution in [3.63, 3.8) is 0 Å². The fraction of sp³-hybridized carbons (Fsp3) is 0.294. The minimum absolute atomic E-state index is 0.268. The summed E-state index contributed by atoms with van der Waals surface area (Å²) in [7, 11) is 0. The molecule has 1 aromatic heterocycles. The molecule has 23 heavy (non-hydrogen) atoms. The first-order valence-corrected chi connectivity index (χ1v) is 7.67. The molecule has 2 heterocycles. The van der Waals surface area contributed by atoms with Gasteiger partial charge in [-0.2, -0.15) is 0 Å². The molecule has 1 aromatic carbocycles. The zero-order valence-electron chi connectivity index (χ0n) is 12.7. The van der Waals surface area contributed by atoms with E-state index in [1.54, 1.807) is 24.3 Å². The summed E-state index contributed by atoms with van der Waals surface area (Å²) in [4.78, 5) is 17.9. The maximum atomic E-state index is 14.2. The van der Waals surface area contributed by atoms with Gasteiger partial charge in [-0.15, -0.1) is 0 Å². The van der Waals surface area contributed by atoms with E-state index in [1.165, 1.54) is 18.7 Å². The first-order chi connectivity index (χ1) is 11.2. The van der Waals surface area contributed by atoms with Crippen molar-refractivity contribution in [1.29, 1.82) is 0 Å². The summed E-state index contributed by atoms with van der Waals surface area (Å²) in [5.74, 6) is 0.319. The maximum absolute atomic E-state index is 14.2. The molecule has 5 nitrogen and oxygen atoms in total. The number of para-hydroxylation sites is 1. The van der Waals surface area contributed by atoms with Crippen LogP contribution in [0.1, 0.15) is 19.3 Å². The molecule has 1 aliphatic rings. The number of benzene rings is 1. The van der Waals surface area contributed by atoms with Gasteiger partial charge in [-0.1, -0.05) is 18.2 Å². The van der Waals surface area contributed by atoms with E-state index >= 15 is 0 Å². The van der Waals surface area contributed by atoms with Gasteiger partial charge in [-0.25, -0.2) is 14.2 Å². The van der Waals surface area contributed by atoms with Crippen LogP contribution in [0.4, 0.5) is 20.7 Å². The minimum Gasteiger partial charge on any atom is -0.410 e. The number of pyridine rings is 1. The number of ether oxygens (including phenoxy) is 1. The monoisotopic (exact) mass is 315 g/mol. The van der Waals surface area contributed by atoms with Crippen molar-refractivity contribution >= 4 is 17.6 Å². The largest absolute Gasteiger partial charge is 0.417 e. The number of halogens is 1. The van der Waals surface area contributed by atoms with E-state index in [9.17, 15) is 9.18 Å². The lowest BCUT2D eigenvalue weighted by Crippen LogP contribution is -2.31. The molecule has 0 spiro atoms. The first-order valence-electron chi connectivity index (χ1n) is 7.67. The van der Waals surface area contributed by atoms with Gasteiger partial charge < -0.3 is 9.64 Å². The predicted octanol–water partition coefficient (Wildman–Crippen LogP) is 3.82. The minimum atomic E-state index is -0.678. The predicted molar refractivity (Wildman–Crippen MR) is 86.3 cm³/mol. The number of hydrogen-bond donors (Lipinski definition) is 1. The van der Waals surface area contributed by atoms with Gasteiger partial charge in [0.1, 0.15) is 5.75 Å². The van der Waals surface area contributed by atoms with Gasteiger partial charge in [-0.3, -0.25) is 5.32 Å². The van der Waals surface area contributed by atoms with Crippen molar-refractivity contribution in [3.05, 3.63) is 48.4 Å². The summed E-state index contributed by atoms with van der Waals surface area (Å²) >= 11 is 0. The standard InChI is InChI=1S/C17H18FN3O2/c18-15-11-13(12-19-16(15)21-9-5-2-6-10-21)20-17(22)23-14-7-3-1-4-8-14/h1,3-4,7-8,11-12H,2,5-6,9-10H2,(H,20,22). The molecule has 1 aliphatic heterocycles. The lowest BCUT2D eigenvalue weighted by atomic mass is 10.1. The number of aromatic nitrogens is 1. The van der Waals surface area contributed by atoms with E-state index in [0.717, 1.165) is 25.9 Å². The van der Waals surface area contributed by atoms with Crippen LogP contribution in [0, 0.1) is 5.82 Å². The van der Waals surface area contributed by atoms with Crippen molar-refractivity contribution in [2.45, 2.75) is 19.3 Å². The Bertz CT molecular complexity index is 673. The van der Waals surface area contributed by atoms with Gasteiger partial charge in [0.05, 0.1) is 11.9 Å². The maximum Gasteiger partial charge on any atom is 0.417 e. The van der Waals surface area contributed by atoms with E-state index in [2.05, 4.69) is 10.3 Å². The highest BCUT2D eigenvalue weighted by Crippen LogP contribution is 2.23. The number of rotatable bonds is 3. The molecule has 3 rings (SSSR count). The first kappa shape index (κ1) is 15.3. The zero-order valence-corrected chi connectivity index (χ0v) is 12.7. The third-order valence-electron chi connectivity index (χ3n) is 3.68. The van der Waals surface area contributed by atoms with Crippen LogP contribution in [-0.2, 0) is 0 Å². The number of carbonyl (C=O) groups is 1. The third-order valence-corrected chi connectivity index (χ3v) is 3.68. The topological polar surface area (TPSA) is 54.5 Å². The SMILES string of the molecule is O=C(Nc1cnc(N2CCCCC2)c(F)c1)Oc1ccccc1. The Morgan fingerprint density at radius 3 is 2.61 bits per heavy atom. The number of piperidine rings is 1. The Balaban J connectivity index is 1.64. The molecule has 1 fully saturated rings. The van der Waals surface area contributed by atoms with Crippen LogP contribution in [0.2, 0.25) is 0 Å². The number of anilines is 2. The molecule has 0 radical (unpaired) electrons. The number of amides is 1. The Hall–Kier alpha value is -2.63. The van der Waals surface area contributed by atoms with E-state index in [4.69, 9.17) is 4.74 Å². The van der Waals surface area contributed by atoms with Gasteiger partial charge in [0.25, 0.3) is 0 Å². The molecule has 1 amide bonds. The summed E-state index contributed by atoms with van der Waals surface area (Å²) in [5.41, 5.74) is 0.268. The van der Waals surface area contributed by atoms with E-state index in [0.29, 0.717) is 11.6 Å². The average molecular weight is 315 g/mol. The fourth-order valence-corrected chi connectivity index (χ4v) is 2.58. The second-order valence-corrected chi connectivity index (χ2v) is 5.40. The number of carbonyl (C=O) groups excluding carboxylic acids is 1. The molecule has 120 valence electrons. The van der Waals surface area contributed by atoms with E-state index < -0.39 is 11.9 Å². The molecular weight excluding hydrogens is 297 g/mol. The number of hydrogen-bond acceptors (Lipinski definition) is 4. The summed E-state index contributed by atoms with van der Waals surface area (Å²) in [6.07, 6.45) is 4.03. The molecule has 0 atom stereocenters. The Morgan fingerprint density at radius 1 is 1.17 bits per heavy atom. The highest BCUT2D eigenvalue weighted by molar-refractivity contribution is 5.86. The summed E-state index contributed by atoms with van der Waals surface area (Å²) < 4.78 is 19.3. The molecule has 1 N–H and O–H groups in total. The molecular formula is C17H18FN3O2. The second kappa shape index (κ2) is 7.09. The van der Waals surface area contributed by atoms with Crippen LogP contribution in [0.5, 0.6) is 5.75 Å². The zero-order chi connectivity index (χ0) is 16.1. The highest BCUT2D eigenvalue weighted by atomic mass is 19.1. The third kappa shape index (κ3) is 3.97. The molecule has 0 unspecified atom stereocenters. The van der Waals surface area contributed by atoms with Crippen LogP contribution in [0.25, 0.3) is 0 Å². The van der Waals surface area contributed by atoms with Gasteiger partial charge in [0.15, 0.2) is 11.6 Å². The summed E-state index contributed by atoms with van der Waals surface area (Å²) in [6, 6.07) is 9.94. The highest BCUT2D eigenvalue weighted by Gasteiger charge is 2.17. The molecule has 0 saturated carbocycles. The molecule has 2 aromatic rings. The van der Waals surface area contributed by atoms with Crippen LogP contribution in [-0.4, -0.2) is 24.2 Å². The lowest BCUT2D eigenvalue weighted by Gasteiger charge is -2.28. The smallest absolute Gasteiger partial charge is 0.410 e. The number of nitrogens with one attached hydrogen (secondary N) is 1. The van der Waals surface area contributed by atoms with E-state index in [1.807, 2.05) is 11.0 Å². The van der Waals surface area contributed by atoms with E-state index in [-0.39, 0.29) is 5.69 Å². The van der Waals surface area contributed by atoms with Crippen molar-refractivity contribution in [2.75, 3.05) is 23.3 Å². The van der Waals surface area contributed by atoms with Crippen molar-refractivity contribution < 1.29 is 13.9 Å². The Morgan fingerprint density at radius 2 is 1.91 bits per heavy atom. The molecule has 1 saturated heterocycles. The molecule has 6 heteroatoms. The van der Waals surface area contributed by atoms with Crippen LogP contribution in [0.3, 0.4) is 0 Å². The lowest BCUT2D eigenvalue weighted by molar-refractivity contribution is 0.215. The summed E-state index contributed by atoms with van der Waals surface area (Å²) in [6.45, 7) is 1.62. The van der Waals surface area contributed by atoms with Gasteiger partial charge in [0, 0.05) is 19.2 Å². The van der Waals surface area contributed by atoms with Gasteiger partial charge >= 0.3 is 6.09 Å². The normalized spacial score (nSPS) is 14.4. The van der Waals surface area contributed by atoms with Gasteiger partial charge in [-0.05, 0) is 31.4 Å².